The Morgan fingerprint density at radius 3 is 2.93 bits per heavy atom. The average molecular weight is 192 g/mol. The first kappa shape index (κ1) is 11.0. The Hall–Kier alpha value is -1.05. The lowest BCUT2D eigenvalue weighted by atomic mass is 9.95. The van der Waals surface area contributed by atoms with Crippen LogP contribution in [0.2, 0.25) is 0 Å². The van der Waals surface area contributed by atoms with Gasteiger partial charge in [-0.25, -0.2) is 0 Å². The maximum atomic E-state index is 4.34. The summed E-state index contributed by atoms with van der Waals surface area (Å²) in [6.07, 6.45) is 12.7. The number of nitrogens with zero attached hydrogens (tertiary/aromatic N) is 2. The molecule has 1 rings (SSSR count). The first-order chi connectivity index (χ1) is 6.79. The quantitative estimate of drug-likeness (QED) is 0.625. The molecule has 2 nitrogen and oxygen atoms in total. The van der Waals surface area contributed by atoms with E-state index < -0.39 is 0 Å². The minimum atomic E-state index is 0.427. The van der Waals surface area contributed by atoms with Crippen LogP contribution in [0.15, 0.2) is 29.5 Å². The second kappa shape index (κ2) is 5.63. The topological polar surface area (TPSA) is 15.6 Å². The van der Waals surface area contributed by atoms with Gasteiger partial charge in [-0.15, -0.1) is 0 Å². The Balaban J connectivity index is 2.64. The van der Waals surface area contributed by atoms with Crippen molar-refractivity contribution in [3.63, 3.8) is 0 Å². The van der Waals surface area contributed by atoms with Crippen LogP contribution in [0.4, 0.5) is 0 Å². The number of hydrogen-bond donors (Lipinski definition) is 0. The van der Waals surface area contributed by atoms with Crippen LogP contribution >= 0.6 is 0 Å². The lowest BCUT2D eigenvalue weighted by Crippen LogP contribution is -2.32. The minimum absolute atomic E-state index is 0.427. The Morgan fingerprint density at radius 1 is 1.50 bits per heavy atom. The van der Waals surface area contributed by atoms with Gasteiger partial charge in [0.2, 0.25) is 0 Å². The molecule has 0 aliphatic carbocycles. The Bertz CT molecular complexity index is 241. The molecule has 2 unspecified atom stereocenters. The van der Waals surface area contributed by atoms with Gasteiger partial charge in [-0.2, -0.15) is 5.10 Å². The molecule has 0 saturated carbocycles. The molecule has 0 aromatic carbocycles. The monoisotopic (exact) mass is 192 g/mol. The normalized spacial score (nSPS) is 23.4. The van der Waals surface area contributed by atoms with Crippen LogP contribution in [0.1, 0.15) is 33.6 Å². The van der Waals surface area contributed by atoms with Gasteiger partial charge in [0.05, 0.1) is 6.04 Å². The molecule has 0 radical (unpaired) electrons. The zero-order valence-corrected chi connectivity index (χ0v) is 9.35. The number of allylic oxidation sites excluding steroid dienone is 2. The van der Waals surface area contributed by atoms with Crippen molar-refractivity contribution >= 4 is 6.21 Å². The maximum absolute atomic E-state index is 4.34. The van der Waals surface area contributed by atoms with E-state index in [1.54, 1.807) is 0 Å². The molecular formula is C12H20N2. The van der Waals surface area contributed by atoms with E-state index in [1.807, 2.05) is 30.4 Å². The predicted octanol–water partition coefficient (Wildman–Crippen LogP) is 3.18. The van der Waals surface area contributed by atoms with Gasteiger partial charge in [-0.1, -0.05) is 32.4 Å². The fourth-order valence-corrected chi connectivity index (χ4v) is 1.83. The molecule has 14 heavy (non-hydrogen) atoms. The lowest BCUT2D eigenvalue weighted by molar-refractivity contribution is 0.250. The molecular weight excluding hydrogens is 172 g/mol. The summed E-state index contributed by atoms with van der Waals surface area (Å²) in [5.41, 5.74) is 0. The van der Waals surface area contributed by atoms with Crippen molar-refractivity contribution in [2.75, 3.05) is 0 Å². The van der Waals surface area contributed by atoms with Crippen LogP contribution in [0, 0.1) is 5.92 Å². The van der Waals surface area contributed by atoms with Crippen LogP contribution in [-0.4, -0.2) is 17.3 Å². The summed E-state index contributed by atoms with van der Waals surface area (Å²) in [5.74, 6) is 0.657. The SMILES string of the molecule is C/C=N\N1C=CC=CC1C(C)CCC. The zero-order valence-electron chi connectivity index (χ0n) is 9.35. The molecule has 1 aliphatic heterocycles. The molecule has 0 bridgehead atoms. The molecule has 0 amide bonds. The molecule has 78 valence electrons. The molecule has 0 spiro atoms. The Labute approximate surface area is 87.0 Å². The average Bonchev–Trinajstić information content (AvgIpc) is 2.19. The van der Waals surface area contributed by atoms with Crippen molar-refractivity contribution in [2.24, 2.45) is 11.0 Å². The molecule has 1 heterocycles. The molecule has 0 N–H and O–H groups in total. The van der Waals surface area contributed by atoms with Gasteiger partial charge >= 0.3 is 0 Å². The number of rotatable bonds is 4. The third kappa shape index (κ3) is 2.72. The summed E-state index contributed by atoms with van der Waals surface area (Å²) in [7, 11) is 0. The van der Waals surface area contributed by atoms with Crippen molar-refractivity contribution in [1.82, 2.24) is 5.01 Å². The minimum Gasteiger partial charge on any atom is -0.266 e. The predicted molar refractivity (Wildman–Crippen MR) is 62.1 cm³/mol. The second-order valence-electron chi connectivity index (χ2n) is 3.74. The zero-order chi connectivity index (χ0) is 10.4. The van der Waals surface area contributed by atoms with E-state index in [0.717, 1.165) is 0 Å². The van der Waals surface area contributed by atoms with Crippen LogP contribution in [-0.2, 0) is 0 Å². The molecule has 0 fully saturated rings. The third-order valence-electron chi connectivity index (χ3n) is 2.54. The highest BCUT2D eigenvalue weighted by molar-refractivity contribution is 5.53. The van der Waals surface area contributed by atoms with E-state index >= 15 is 0 Å². The van der Waals surface area contributed by atoms with E-state index in [1.165, 1.54) is 12.8 Å². The fourth-order valence-electron chi connectivity index (χ4n) is 1.83. The second-order valence-corrected chi connectivity index (χ2v) is 3.74. The van der Waals surface area contributed by atoms with Crippen molar-refractivity contribution < 1.29 is 0 Å². The highest BCUT2D eigenvalue weighted by atomic mass is 15.5. The van der Waals surface area contributed by atoms with Crippen LogP contribution in [0.25, 0.3) is 0 Å². The van der Waals surface area contributed by atoms with E-state index in [4.69, 9.17) is 0 Å². The van der Waals surface area contributed by atoms with Gasteiger partial charge in [-0.05, 0) is 25.3 Å². The standard InChI is InChI=1S/C12H20N2/c1-4-8-11(3)12-9-6-7-10-14(12)13-5-2/h5-7,9-12H,4,8H2,1-3H3/b13-5-. The first-order valence-electron chi connectivity index (χ1n) is 5.41. The van der Waals surface area contributed by atoms with Gasteiger partial charge in [0.1, 0.15) is 0 Å². The number of hydrogen-bond acceptors (Lipinski definition) is 2. The summed E-state index contributed by atoms with van der Waals surface area (Å²) in [5, 5.41) is 6.38. The molecule has 2 heteroatoms. The smallest absolute Gasteiger partial charge is 0.0727 e. The molecule has 0 saturated heterocycles. The fraction of sp³-hybridized carbons (Fsp3) is 0.583. The summed E-state index contributed by atoms with van der Waals surface area (Å²) in [6.45, 7) is 6.47. The van der Waals surface area contributed by atoms with Crippen LogP contribution in [0.5, 0.6) is 0 Å². The van der Waals surface area contributed by atoms with Crippen molar-refractivity contribution in [2.45, 2.75) is 39.7 Å². The number of hydrazone groups is 1. The Morgan fingerprint density at radius 2 is 2.29 bits per heavy atom. The van der Waals surface area contributed by atoms with Gasteiger partial charge in [0.15, 0.2) is 0 Å². The van der Waals surface area contributed by atoms with Crippen LogP contribution < -0.4 is 0 Å². The van der Waals surface area contributed by atoms with E-state index in [-0.39, 0.29) is 0 Å². The lowest BCUT2D eigenvalue weighted by Gasteiger charge is -2.30. The van der Waals surface area contributed by atoms with Crippen molar-refractivity contribution in [1.29, 1.82) is 0 Å². The first-order valence-corrected chi connectivity index (χ1v) is 5.41. The van der Waals surface area contributed by atoms with Gasteiger partial charge in [0.25, 0.3) is 0 Å². The summed E-state index contributed by atoms with van der Waals surface area (Å²) in [4.78, 5) is 0. The summed E-state index contributed by atoms with van der Waals surface area (Å²) in [6, 6.07) is 0.427. The van der Waals surface area contributed by atoms with E-state index in [9.17, 15) is 0 Å². The van der Waals surface area contributed by atoms with Crippen LogP contribution in [0.3, 0.4) is 0 Å². The highest BCUT2D eigenvalue weighted by Crippen LogP contribution is 2.20. The molecule has 0 aromatic heterocycles. The highest BCUT2D eigenvalue weighted by Gasteiger charge is 2.19. The molecule has 0 aromatic rings. The van der Waals surface area contributed by atoms with Crippen molar-refractivity contribution in [3.8, 4) is 0 Å². The maximum Gasteiger partial charge on any atom is 0.0727 e. The Kier molecular flexibility index (Phi) is 4.44. The van der Waals surface area contributed by atoms with E-state index in [2.05, 4.69) is 31.1 Å². The third-order valence-corrected chi connectivity index (χ3v) is 2.54. The van der Waals surface area contributed by atoms with Gasteiger partial charge in [-0.3, -0.25) is 5.01 Å². The van der Waals surface area contributed by atoms with E-state index in [0.29, 0.717) is 12.0 Å². The van der Waals surface area contributed by atoms with Gasteiger partial charge in [0, 0.05) is 12.4 Å². The summed E-state index contributed by atoms with van der Waals surface area (Å²) >= 11 is 0. The molecule has 1 aliphatic rings. The largest absolute Gasteiger partial charge is 0.266 e. The van der Waals surface area contributed by atoms with Gasteiger partial charge < -0.3 is 0 Å². The van der Waals surface area contributed by atoms with Crippen molar-refractivity contribution in [3.05, 3.63) is 24.4 Å². The molecule has 2 atom stereocenters. The summed E-state index contributed by atoms with van der Waals surface area (Å²) < 4.78 is 0.